The Morgan fingerprint density at radius 3 is 2.50 bits per heavy atom. The van der Waals surface area contributed by atoms with E-state index in [9.17, 15) is 4.79 Å². The first-order valence-electron chi connectivity index (χ1n) is 7.03. The molecular formula is C16H26N2O2. The van der Waals surface area contributed by atoms with Crippen LogP contribution in [0.3, 0.4) is 0 Å². The molecule has 0 aromatic carbocycles. The van der Waals surface area contributed by atoms with Crippen LogP contribution in [-0.4, -0.2) is 17.4 Å². The van der Waals surface area contributed by atoms with E-state index in [0.29, 0.717) is 17.5 Å². The molecule has 4 heteroatoms. The molecule has 0 saturated heterocycles. The van der Waals surface area contributed by atoms with E-state index in [2.05, 4.69) is 18.8 Å². The fourth-order valence-corrected chi connectivity index (χ4v) is 1.84. The van der Waals surface area contributed by atoms with Crippen LogP contribution in [0, 0.1) is 18.3 Å². The zero-order valence-corrected chi connectivity index (χ0v) is 13.4. The van der Waals surface area contributed by atoms with Gasteiger partial charge in [-0.3, -0.25) is 4.79 Å². The summed E-state index contributed by atoms with van der Waals surface area (Å²) >= 11 is 0. The fraction of sp³-hybridized carbons (Fsp3) is 0.625. The largest absolute Gasteiger partial charge is 0.485 e. The molecule has 0 aliphatic rings. The molecule has 0 bridgehead atoms. The van der Waals surface area contributed by atoms with Crippen LogP contribution < -0.4 is 10.5 Å². The van der Waals surface area contributed by atoms with Gasteiger partial charge in [0.15, 0.2) is 5.78 Å². The number of hydrogen-bond donors (Lipinski definition) is 1. The fourth-order valence-electron chi connectivity index (χ4n) is 1.84. The second-order valence-electron chi connectivity index (χ2n) is 6.67. The maximum absolute atomic E-state index is 12.0. The topological polar surface area (TPSA) is 65.2 Å². The lowest BCUT2D eigenvalue weighted by Crippen LogP contribution is -2.26. The van der Waals surface area contributed by atoms with Crippen molar-refractivity contribution >= 4 is 11.6 Å². The zero-order valence-electron chi connectivity index (χ0n) is 13.4. The number of Topliss-reactive ketones (excluding diaryl/α,β-unsaturated/α-hetero) is 1. The maximum atomic E-state index is 12.0. The molecule has 20 heavy (non-hydrogen) atoms. The normalized spacial score (nSPS) is 11.8. The Labute approximate surface area is 121 Å². The first kappa shape index (κ1) is 16.5. The van der Waals surface area contributed by atoms with Crippen LogP contribution in [0.15, 0.2) is 6.07 Å². The third-order valence-electron chi connectivity index (χ3n) is 3.12. The minimum atomic E-state index is -0.397. The minimum absolute atomic E-state index is 0.0670. The molecule has 0 spiro atoms. The summed E-state index contributed by atoms with van der Waals surface area (Å²) in [4.78, 5) is 16.2. The number of nitrogens with zero attached hydrogens (tertiary/aromatic N) is 1. The number of nitrogen functional groups attached to an aromatic ring is 1. The summed E-state index contributed by atoms with van der Waals surface area (Å²) in [6.07, 6.45) is 0.859. The number of rotatable bonds is 5. The van der Waals surface area contributed by atoms with Crippen LogP contribution in [0.4, 0.5) is 5.82 Å². The van der Waals surface area contributed by atoms with Gasteiger partial charge >= 0.3 is 0 Å². The monoisotopic (exact) mass is 278 g/mol. The third kappa shape index (κ3) is 4.51. The molecule has 0 atom stereocenters. The first-order valence-corrected chi connectivity index (χ1v) is 7.03. The van der Waals surface area contributed by atoms with Crippen LogP contribution in [0.1, 0.15) is 45.9 Å². The molecule has 1 heterocycles. The summed E-state index contributed by atoms with van der Waals surface area (Å²) in [5, 5.41) is 0. The van der Waals surface area contributed by atoms with Crippen molar-refractivity contribution in [3.63, 3.8) is 0 Å². The standard InChI is InChI=1S/C16H26N2O2/c1-10(2)7-12-11(3)18-15(17)8-13(12)20-9-14(19)16(4,5)6/h8,10H,7,9H2,1-6H3,(H2,17,18). The van der Waals surface area contributed by atoms with Crippen LogP contribution in [0.2, 0.25) is 0 Å². The Balaban J connectivity index is 2.96. The van der Waals surface area contributed by atoms with Gasteiger partial charge in [-0.1, -0.05) is 34.6 Å². The lowest BCUT2D eigenvalue weighted by molar-refractivity contribution is -0.128. The van der Waals surface area contributed by atoms with Crippen LogP contribution in [0.25, 0.3) is 0 Å². The van der Waals surface area contributed by atoms with E-state index in [4.69, 9.17) is 10.5 Å². The van der Waals surface area contributed by atoms with Gasteiger partial charge < -0.3 is 10.5 Å². The molecule has 0 radical (unpaired) electrons. The molecular weight excluding hydrogens is 252 g/mol. The summed E-state index contributed by atoms with van der Waals surface area (Å²) < 4.78 is 5.72. The van der Waals surface area contributed by atoms with E-state index in [1.165, 1.54) is 0 Å². The van der Waals surface area contributed by atoms with Crippen LogP contribution in [-0.2, 0) is 11.2 Å². The molecule has 1 aromatic rings. The molecule has 0 aliphatic heterocycles. The third-order valence-corrected chi connectivity index (χ3v) is 3.12. The molecule has 0 unspecified atom stereocenters. The van der Waals surface area contributed by atoms with E-state index in [-0.39, 0.29) is 12.4 Å². The Kier molecular flexibility index (Phi) is 5.15. The number of pyridine rings is 1. The molecule has 1 aromatic heterocycles. The number of carbonyl (C=O) groups is 1. The first-order chi connectivity index (χ1) is 9.11. The van der Waals surface area contributed by atoms with Gasteiger partial charge in [0, 0.05) is 22.7 Å². The number of ketones is 1. The van der Waals surface area contributed by atoms with E-state index >= 15 is 0 Å². The molecule has 1 rings (SSSR count). The second kappa shape index (κ2) is 6.25. The predicted molar refractivity (Wildman–Crippen MR) is 81.9 cm³/mol. The SMILES string of the molecule is Cc1nc(N)cc(OCC(=O)C(C)(C)C)c1CC(C)C. The summed E-state index contributed by atoms with van der Waals surface area (Å²) in [5.41, 5.74) is 7.29. The van der Waals surface area contributed by atoms with Gasteiger partial charge in [-0.25, -0.2) is 4.98 Å². The van der Waals surface area contributed by atoms with Crippen molar-refractivity contribution in [2.45, 2.75) is 48.0 Å². The smallest absolute Gasteiger partial charge is 0.175 e. The van der Waals surface area contributed by atoms with Gasteiger partial charge in [-0.2, -0.15) is 0 Å². The molecule has 0 fully saturated rings. The van der Waals surface area contributed by atoms with Gasteiger partial charge in [0.25, 0.3) is 0 Å². The molecule has 112 valence electrons. The number of ether oxygens (including phenoxy) is 1. The maximum Gasteiger partial charge on any atom is 0.175 e. The number of anilines is 1. The number of aryl methyl sites for hydroxylation is 1. The van der Waals surface area contributed by atoms with Crippen molar-refractivity contribution in [1.82, 2.24) is 4.98 Å². The van der Waals surface area contributed by atoms with E-state index < -0.39 is 5.41 Å². The lowest BCUT2D eigenvalue weighted by Gasteiger charge is -2.19. The van der Waals surface area contributed by atoms with Crippen LogP contribution in [0.5, 0.6) is 5.75 Å². The summed E-state index contributed by atoms with van der Waals surface area (Å²) in [6, 6.07) is 1.71. The average molecular weight is 278 g/mol. The van der Waals surface area contributed by atoms with Gasteiger partial charge in [0.2, 0.25) is 0 Å². The van der Waals surface area contributed by atoms with Crippen LogP contribution >= 0.6 is 0 Å². The van der Waals surface area contributed by atoms with Gasteiger partial charge in [0.05, 0.1) is 0 Å². The highest BCUT2D eigenvalue weighted by Gasteiger charge is 2.22. The van der Waals surface area contributed by atoms with Crippen molar-refractivity contribution in [3.8, 4) is 5.75 Å². The Bertz CT molecular complexity index is 488. The van der Waals surface area contributed by atoms with Crippen molar-refractivity contribution in [2.75, 3.05) is 12.3 Å². The summed E-state index contributed by atoms with van der Waals surface area (Å²) in [7, 11) is 0. The van der Waals surface area contributed by atoms with Crippen molar-refractivity contribution in [2.24, 2.45) is 11.3 Å². The molecule has 4 nitrogen and oxygen atoms in total. The zero-order chi connectivity index (χ0) is 15.5. The Hall–Kier alpha value is -1.58. The van der Waals surface area contributed by atoms with Crippen molar-refractivity contribution in [1.29, 1.82) is 0 Å². The highest BCUT2D eigenvalue weighted by atomic mass is 16.5. The molecule has 2 N–H and O–H groups in total. The van der Waals surface area contributed by atoms with Crippen molar-refractivity contribution < 1.29 is 9.53 Å². The van der Waals surface area contributed by atoms with E-state index in [0.717, 1.165) is 17.7 Å². The molecule has 0 amide bonds. The number of aromatic nitrogens is 1. The Morgan fingerprint density at radius 2 is 2.00 bits per heavy atom. The van der Waals surface area contributed by atoms with Gasteiger partial charge in [-0.15, -0.1) is 0 Å². The van der Waals surface area contributed by atoms with Crippen molar-refractivity contribution in [3.05, 3.63) is 17.3 Å². The van der Waals surface area contributed by atoms with Gasteiger partial charge in [-0.05, 0) is 19.3 Å². The van der Waals surface area contributed by atoms with Gasteiger partial charge in [0.1, 0.15) is 18.2 Å². The predicted octanol–water partition coefficient (Wildman–Crippen LogP) is 3.16. The van der Waals surface area contributed by atoms with E-state index in [1.54, 1.807) is 6.07 Å². The minimum Gasteiger partial charge on any atom is -0.485 e. The molecule has 0 saturated carbocycles. The highest BCUT2D eigenvalue weighted by molar-refractivity contribution is 5.85. The lowest BCUT2D eigenvalue weighted by atomic mass is 9.91. The summed E-state index contributed by atoms with van der Waals surface area (Å²) in [5.74, 6) is 1.66. The quantitative estimate of drug-likeness (QED) is 0.898. The average Bonchev–Trinajstić information content (AvgIpc) is 2.28. The van der Waals surface area contributed by atoms with E-state index in [1.807, 2.05) is 27.7 Å². The second-order valence-corrected chi connectivity index (χ2v) is 6.67. The summed E-state index contributed by atoms with van der Waals surface area (Å²) in [6.45, 7) is 11.9. The number of carbonyl (C=O) groups excluding carboxylic acids is 1. The Morgan fingerprint density at radius 1 is 1.40 bits per heavy atom. The number of nitrogens with two attached hydrogens (primary N) is 1. The number of hydrogen-bond acceptors (Lipinski definition) is 4. The molecule has 0 aliphatic carbocycles. The highest BCUT2D eigenvalue weighted by Crippen LogP contribution is 2.27.